The van der Waals surface area contributed by atoms with Crippen LogP contribution in [0.3, 0.4) is 0 Å². The molecule has 0 unspecified atom stereocenters. The zero-order valence-electron chi connectivity index (χ0n) is 12.3. The number of rotatable bonds is 4. The van der Waals surface area contributed by atoms with E-state index in [4.69, 9.17) is 14.6 Å². The predicted molar refractivity (Wildman–Crippen MR) is 76.4 cm³/mol. The van der Waals surface area contributed by atoms with Gasteiger partial charge in [0.25, 0.3) is 0 Å². The van der Waals surface area contributed by atoms with E-state index in [1.807, 2.05) is 0 Å². The molecule has 1 aliphatic heterocycles. The maximum atomic E-state index is 14.3. The summed E-state index contributed by atoms with van der Waals surface area (Å²) in [4.78, 5) is 14.4. The number of carboxylic acid groups (broad SMARTS) is 1. The van der Waals surface area contributed by atoms with Gasteiger partial charge in [-0.2, -0.15) is 0 Å². The molecule has 0 radical (unpaired) electrons. The molecule has 2 heterocycles. The number of carbonyl (C=O) groups is 1. The molecule has 0 spiro atoms. The second kappa shape index (κ2) is 6.48. The number of hydrogen-bond acceptors (Lipinski definition) is 4. The van der Waals surface area contributed by atoms with Crippen LogP contribution in [-0.2, 0) is 4.74 Å². The fourth-order valence-electron chi connectivity index (χ4n) is 2.38. The first-order valence-corrected chi connectivity index (χ1v) is 7.09. The van der Waals surface area contributed by atoms with Crippen molar-refractivity contribution in [1.82, 2.24) is 4.98 Å². The quantitative estimate of drug-likeness (QED) is 0.927. The highest BCUT2D eigenvalue weighted by Crippen LogP contribution is 2.31. The van der Waals surface area contributed by atoms with Crippen LogP contribution < -0.4 is 4.74 Å². The van der Waals surface area contributed by atoms with E-state index in [2.05, 4.69) is 4.98 Å². The van der Waals surface area contributed by atoms with Crippen LogP contribution >= 0.6 is 0 Å². The smallest absolute Gasteiger partial charge is 0.354 e. The summed E-state index contributed by atoms with van der Waals surface area (Å²) in [6.45, 7) is 0.826. The van der Waals surface area contributed by atoms with Crippen LogP contribution in [0.1, 0.15) is 16.9 Å². The van der Waals surface area contributed by atoms with Crippen molar-refractivity contribution in [2.45, 2.75) is 12.5 Å². The first-order chi connectivity index (χ1) is 11.5. The average Bonchev–Trinajstić information content (AvgIpc) is 3.01. The fraction of sp³-hybridized carbons (Fsp3) is 0.250. The normalized spacial score (nSPS) is 17.0. The minimum atomic E-state index is -1.43. The number of pyridine rings is 1. The maximum absolute atomic E-state index is 14.3. The topological polar surface area (TPSA) is 68.7 Å². The molecule has 1 N–H and O–H groups in total. The van der Waals surface area contributed by atoms with Gasteiger partial charge in [-0.15, -0.1) is 0 Å². The van der Waals surface area contributed by atoms with Gasteiger partial charge in [0.05, 0.1) is 18.8 Å². The lowest BCUT2D eigenvalue weighted by Gasteiger charge is -2.14. The van der Waals surface area contributed by atoms with E-state index in [9.17, 15) is 18.0 Å². The van der Waals surface area contributed by atoms with E-state index >= 15 is 0 Å². The van der Waals surface area contributed by atoms with Gasteiger partial charge in [-0.25, -0.2) is 22.9 Å². The maximum Gasteiger partial charge on any atom is 0.354 e. The summed E-state index contributed by atoms with van der Waals surface area (Å²) < 4.78 is 52.9. The molecule has 0 saturated carbocycles. The standard InChI is InChI=1S/C16H12F3NO4/c17-10-1-2-13(16(21)22)20-15(10)14-11(18)5-9(6-12(14)19)24-8-3-4-23-7-8/h1-2,5-6,8H,3-4,7H2,(H,21,22)/t8-/m1/s1. The second-order valence-corrected chi connectivity index (χ2v) is 5.20. The Morgan fingerprint density at radius 1 is 1.21 bits per heavy atom. The van der Waals surface area contributed by atoms with Crippen LogP contribution in [0.25, 0.3) is 11.3 Å². The summed E-state index contributed by atoms with van der Waals surface area (Å²) in [5.41, 5.74) is -1.97. The molecule has 3 rings (SSSR count). The van der Waals surface area contributed by atoms with Gasteiger partial charge >= 0.3 is 5.97 Å². The molecule has 1 aromatic heterocycles. The van der Waals surface area contributed by atoms with Crippen molar-refractivity contribution in [2.75, 3.05) is 13.2 Å². The third-order valence-corrected chi connectivity index (χ3v) is 3.51. The van der Waals surface area contributed by atoms with Gasteiger partial charge in [-0.1, -0.05) is 0 Å². The SMILES string of the molecule is O=C(O)c1ccc(F)c(-c2c(F)cc(O[C@@H]3CCOC3)cc2F)n1. The summed E-state index contributed by atoms with van der Waals surface area (Å²) in [5.74, 6) is -4.72. The number of ether oxygens (including phenoxy) is 2. The van der Waals surface area contributed by atoms with E-state index < -0.39 is 40.4 Å². The van der Waals surface area contributed by atoms with Gasteiger partial charge in [-0.05, 0) is 12.1 Å². The minimum Gasteiger partial charge on any atom is -0.488 e. The number of nitrogens with zero attached hydrogens (tertiary/aromatic N) is 1. The van der Waals surface area contributed by atoms with Crippen molar-refractivity contribution < 1.29 is 32.5 Å². The van der Waals surface area contributed by atoms with Gasteiger partial charge in [0.1, 0.15) is 40.7 Å². The zero-order chi connectivity index (χ0) is 17.3. The first kappa shape index (κ1) is 16.3. The van der Waals surface area contributed by atoms with Crippen LogP contribution in [0.2, 0.25) is 0 Å². The molecule has 5 nitrogen and oxygen atoms in total. The van der Waals surface area contributed by atoms with E-state index in [1.165, 1.54) is 0 Å². The Kier molecular flexibility index (Phi) is 4.39. The average molecular weight is 339 g/mol. The Bertz CT molecular complexity index is 768. The number of carboxylic acids is 1. The van der Waals surface area contributed by atoms with Crippen molar-refractivity contribution in [2.24, 2.45) is 0 Å². The number of hydrogen-bond donors (Lipinski definition) is 1. The first-order valence-electron chi connectivity index (χ1n) is 7.09. The zero-order valence-corrected chi connectivity index (χ0v) is 12.3. The lowest BCUT2D eigenvalue weighted by molar-refractivity contribution is 0.0690. The number of aromatic carboxylic acids is 1. The van der Waals surface area contributed by atoms with Crippen LogP contribution in [0.4, 0.5) is 13.2 Å². The Morgan fingerprint density at radius 3 is 2.50 bits per heavy atom. The lowest BCUT2D eigenvalue weighted by atomic mass is 10.1. The van der Waals surface area contributed by atoms with Gasteiger partial charge in [0, 0.05) is 18.6 Å². The van der Waals surface area contributed by atoms with Crippen molar-refractivity contribution >= 4 is 5.97 Å². The van der Waals surface area contributed by atoms with Crippen molar-refractivity contribution in [3.8, 4) is 17.0 Å². The van der Waals surface area contributed by atoms with Crippen molar-refractivity contribution in [1.29, 1.82) is 0 Å². The summed E-state index contributed by atoms with van der Waals surface area (Å²) in [6, 6.07) is 3.52. The molecular weight excluding hydrogens is 327 g/mol. The number of halogens is 3. The second-order valence-electron chi connectivity index (χ2n) is 5.20. The van der Waals surface area contributed by atoms with Gasteiger partial charge in [-0.3, -0.25) is 0 Å². The molecule has 1 aliphatic rings. The van der Waals surface area contributed by atoms with Crippen molar-refractivity contribution in [3.05, 3.63) is 47.4 Å². The molecule has 24 heavy (non-hydrogen) atoms. The summed E-state index contributed by atoms with van der Waals surface area (Å²) in [6.07, 6.45) is 0.293. The molecule has 1 aromatic carbocycles. The highest BCUT2D eigenvalue weighted by molar-refractivity contribution is 5.86. The van der Waals surface area contributed by atoms with Crippen LogP contribution in [0.15, 0.2) is 24.3 Å². The van der Waals surface area contributed by atoms with E-state index in [1.54, 1.807) is 0 Å². The van der Waals surface area contributed by atoms with Gasteiger partial charge in [0.15, 0.2) is 0 Å². The van der Waals surface area contributed by atoms with Gasteiger partial charge in [0.2, 0.25) is 0 Å². The Balaban J connectivity index is 1.99. The van der Waals surface area contributed by atoms with Gasteiger partial charge < -0.3 is 14.6 Å². The Labute approximate surface area is 134 Å². The summed E-state index contributed by atoms with van der Waals surface area (Å²) >= 11 is 0. The third kappa shape index (κ3) is 3.18. The van der Waals surface area contributed by atoms with E-state index in [0.717, 1.165) is 24.3 Å². The molecule has 8 heteroatoms. The minimum absolute atomic E-state index is 0.0564. The predicted octanol–water partition coefficient (Wildman–Crippen LogP) is 3.03. The molecule has 126 valence electrons. The summed E-state index contributed by atoms with van der Waals surface area (Å²) in [5, 5.41) is 8.88. The highest BCUT2D eigenvalue weighted by Gasteiger charge is 2.23. The number of benzene rings is 1. The van der Waals surface area contributed by atoms with Crippen LogP contribution in [0.5, 0.6) is 5.75 Å². The van der Waals surface area contributed by atoms with Crippen molar-refractivity contribution in [3.63, 3.8) is 0 Å². The third-order valence-electron chi connectivity index (χ3n) is 3.51. The monoisotopic (exact) mass is 339 g/mol. The molecule has 1 atom stereocenters. The molecule has 0 amide bonds. The fourth-order valence-corrected chi connectivity index (χ4v) is 2.38. The molecule has 0 aliphatic carbocycles. The number of aromatic nitrogens is 1. The van der Waals surface area contributed by atoms with Crippen LogP contribution in [-0.4, -0.2) is 35.4 Å². The highest BCUT2D eigenvalue weighted by atomic mass is 19.1. The van der Waals surface area contributed by atoms with E-state index in [-0.39, 0.29) is 11.9 Å². The molecule has 0 bridgehead atoms. The lowest BCUT2D eigenvalue weighted by Crippen LogP contribution is -2.16. The van der Waals surface area contributed by atoms with Crippen LogP contribution in [0, 0.1) is 17.5 Å². The molecule has 1 saturated heterocycles. The molecule has 1 fully saturated rings. The molecular formula is C16H12F3NO4. The summed E-state index contributed by atoms with van der Waals surface area (Å²) in [7, 11) is 0. The Hall–Kier alpha value is -2.61. The Morgan fingerprint density at radius 2 is 1.92 bits per heavy atom. The largest absolute Gasteiger partial charge is 0.488 e. The van der Waals surface area contributed by atoms with E-state index in [0.29, 0.717) is 19.6 Å². The molecule has 2 aromatic rings.